The van der Waals surface area contributed by atoms with Crippen molar-refractivity contribution in [2.24, 2.45) is 0 Å². The van der Waals surface area contributed by atoms with E-state index in [1.54, 1.807) is 6.33 Å². The number of rotatable bonds is 2. The van der Waals surface area contributed by atoms with E-state index < -0.39 is 0 Å². The maximum absolute atomic E-state index is 5.58. The van der Waals surface area contributed by atoms with Crippen LogP contribution in [0.5, 0.6) is 11.5 Å². The van der Waals surface area contributed by atoms with Crippen LogP contribution in [0.3, 0.4) is 0 Å². The molecule has 0 spiro atoms. The van der Waals surface area contributed by atoms with Crippen molar-refractivity contribution >= 4 is 0 Å². The van der Waals surface area contributed by atoms with Crippen molar-refractivity contribution in [3.05, 3.63) is 42.0 Å². The van der Waals surface area contributed by atoms with E-state index >= 15 is 0 Å². The number of hydrogen-bond acceptors (Lipinski definition) is 3. The second-order valence-corrected chi connectivity index (χ2v) is 4.13. The van der Waals surface area contributed by atoms with Gasteiger partial charge in [-0.05, 0) is 17.7 Å². The summed E-state index contributed by atoms with van der Waals surface area (Å²) in [6.07, 6.45) is 3.55. The van der Waals surface area contributed by atoms with Gasteiger partial charge in [-0.25, -0.2) is 4.98 Å². The van der Waals surface area contributed by atoms with Gasteiger partial charge in [0.05, 0.1) is 6.33 Å². The number of aromatic amines is 1. The van der Waals surface area contributed by atoms with Crippen LogP contribution >= 0.6 is 0 Å². The molecule has 88 valence electrons. The van der Waals surface area contributed by atoms with Crippen LogP contribution in [0.1, 0.15) is 24.1 Å². The molecule has 2 heterocycles. The zero-order valence-electron chi connectivity index (χ0n) is 9.64. The quantitative estimate of drug-likeness (QED) is 0.861. The first-order chi connectivity index (χ1) is 8.34. The predicted octanol–water partition coefficient (Wildman–Crippen LogP) is 2.33. The van der Waals surface area contributed by atoms with E-state index in [9.17, 15) is 0 Å². The number of benzene rings is 1. The zero-order valence-corrected chi connectivity index (χ0v) is 9.64. The predicted molar refractivity (Wildman–Crippen MR) is 63.5 cm³/mol. The van der Waals surface area contributed by atoms with Gasteiger partial charge in [0, 0.05) is 17.8 Å². The van der Waals surface area contributed by atoms with Crippen LogP contribution in [0, 0.1) is 0 Å². The SMILES string of the molecule is CC(c1ccc2c(c1)OCCO2)c1cnc[nH]1. The Morgan fingerprint density at radius 1 is 1.24 bits per heavy atom. The summed E-state index contributed by atoms with van der Waals surface area (Å²) in [5, 5.41) is 0. The molecule has 1 aromatic carbocycles. The Morgan fingerprint density at radius 2 is 2.06 bits per heavy atom. The highest BCUT2D eigenvalue weighted by atomic mass is 16.6. The zero-order chi connectivity index (χ0) is 11.7. The third-order valence-electron chi connectivity index (χ3n) is 3.05. The molecule has 2 aromatic rings. The molecule has 0 fully saturated rings. The van der Waals surface area contributed by atoms with E-state index in [1.807, 2.05) is 18.3 Å². The van der Waals surface area contributed by atoms with Gasteiger partial charge in [-0.15, -0.1) is 0 Å². The molecule has 0 radical (unpaired) electrons. The van der Waals surface area contributed by atoms with Crippen LogP contribution in [0.4, 0.5) is 0 Å². The van der Waals surface area contributed by atoms with Crippen molar-refractivity contribution in [3.8, 4) is 11.5 Å². The molecule has 0 saturated carbocycles. The van der Waals surface area contributed by atoms with Gasteiger partial charge in [0.15, 0.2) is 11.5 Å². The fourth-order valence-electron chi connectivity index (χ4n) is 2.01. The molecule has 4 nitrogen and oxygen atoms in total. The summed E-state index contributed by atoms with van der Waals surface area (Å²) < 4.78 is 11.1. The molecule has 1 unspecified atom stereocenters. The van der Waals surface area contributed by atoms with Gasteiger partial charge >= 0.3 is 0 Å². The second kappa shape index (κ2) is 4.13. The van der Waals surface area contributed by atoms with Crippen molar-refractivity contribution in [2.75, 3.05) is 13.2 Å². The van der Waals surface area contributed by atoms with E-state index in [0.717, 1.165) is 17.2 Å². The standard InChI is InChI=1S/C13H14N2O2/c1-9(11-7-14-8-15-11)10-2-3-12-13(6-10)17-5-4-16-12/h2-3,6-9H,4-5H2,1H3,(H,14,15). The molecule has 1 N–H and O–H groups in total. The molecule has 4 heteroatoms. The Bertz CT molecular complexity index is 508. The summed E-state index contributed by atoms with van der Waals surface area (Å²) in [4.78, 5) is 7.18. The van der Waals surface area contributed by atoms with E-state index in [2.05, 4.69) is 23.0 Å². The first kappa shape index (κ1) is 10.2. The minimum absolute atomic E-state index is 0.272. The fraction of sp³-hybridized carbons (Fsp3) is 0.308. The summed E-state index contributed by atoms with van der Waals surface area (Å²) in [7, 11) is 0. The molecular formula is C13H14N2O2. The molecule has 0 bridgehead atoms. The average molecular weight is 230 g/mol. The minimum Gasteiger partial charge on any atom is -0.486 e. The number of nitrogens with one attached hydrogen (secondary N) is 1. The summed E-state index contributed by atoms with van der Waals surface area (Å²) in [5.74, 6) is 1.94. The van der Waals surface area contributed by atoms with E-state index in [1.165, 1.54) is 5.56 Å². The molecule has 1 aliphatic heterocycles. The Morgan fingerprint density at radius 3 is 2.82 bits per heavy atom. The van der Waals surface area contributed by atoms with Gasteiger partial charge in [0.25, 0.3) is 0 Å². The number of hydrogen-bond donors (Lipinski definition) is 1. The summed E-state index contributed by atoms with van der Waals surface area (Å²) in [5.41, 5.74) is 2.29. The highest BCUT2D eigenvalue weighted by Crippen LogP contribution is 2.34. The van der Waals surface area contributed by atoms with Gasteiger partial charge in [-0.2, -0.15) is 0 Å². The Kier molecular flexibility index (Phi) is 2.48. The lowest BCUT2D eigenvalue weighted by atomic mass is 9.98. The lowest BCUT2D eigenvalue weighted by molar-refractivity contribution is 0.171. The number of nitrogens with zero attached hydrogens (tertiary/aromatic N) is 1. The topological polar surface area (TPSA) is 47.1 Å². The van der Waals surface area contributed by atoms with Gasteiger partial charge < -0.3 is 14.5 Å². The molecular weight excluding hydrogens is 216 g/mol. The smallest absolute Gasteiger partial charge is 0.161 e. The number of fused-ring (bicyclic) bond motifs is 1. The molecule has 1 aliphatic rings. The van der Waals surface area contributed by atoms with Crippen LogP contribution in [0.15, 0.2) is 30.7 Å². The van der Waals surface area contributed by atoms with Crippen LogP contribution in [-0.4, -0.2) is 23.2 Å². The first-order valence-corrected chi connectivity index (χ1v) is 5.72. The number of imidazole rings is 1. The summed E-state index contributed by atoms with van der Waals surface area (Å²) >= 11 is 0. The van der Waals surface area contributed by atoms with Gasteiger partial charge in [-0.1, -0.05) is 13.0 Å². The van der Waals surface area contributed by atoms with Crippen LogP contribution in [0.25, 0.3) is 0 Å². The third-order valence-corrected chi connectivity index (χ3v) is 3.05. The Hall–Kier alpha value is -1.97. The number of ether oxygens (including phenoxy) is 2. The van der Waals surface area contributed by atoms with Crippen LogP contribution in [0.2, 0.25) is 0 Å². The lowest BCUT2D eigenvalue weighted by Gasteiger charge is -2.20. The fourth-order valence-corrected chi connectivity index (χ4v) is 2.01. The normalized spacial score (nSPS) is 15.6. The van der Waals surface area contributed by atoms with Crippen molar-refractivity contribution in [3.63, 3.8) is 0 Å². The molecule has 17 heavy (non-hydrogen) atoms. The summed E-state index contributed by atoms with van der Waals surface area (Å²) in [6, 6.07) is 6.08. The summed E-state index contributed by atoms with van der Waals surface area (Å²) in [6.45, 7) is 3.39. The highest BCUT2D eigenvalue weighted by Gasteiger charge is 2.15. The third kappa shape index (κ3) is 1.86. The van der Waals surface area contributed by atoms with Crippen LogP contribution < -0.4 is 9.47 Å². The van der Waals surface area contributed by atoms with Gasteiger partial charge in [-0.3, -0.25) is 0 Å². The maximum Gasteiger partial charge on any atom is 0.161 e. The molecule has 1 aromatic heterocycles. The van der Waals surface area contributed by atoms with Crippen molar-refractivity contribution in [2.45, 2.75) is 12.8 Å². The molecule has 3 rings (SSSR count). The monoisotopic (exact) mass is 230 g/mol. The molecule has 0 amide bonds. The number of aromatic nitrogens is 2. The van der Waals surface area contributed by atoms with Crippen LogP contribution in [-0.2, 0) is 0 Å². The first-order valence-electron chi connectivity index (χ1n) is 5.72. The molecule has 1 atom stereocenters. The van der Waals surface area contributed by atoms with Crippen molar-refractivity contribution in [1.29, 1.82) is 0 Å². The van der Waals surface area contributed by atoms with E-state index in [4.69, 9.17) is 9.47 Å². The van der Waals surface area contributed by atoms with E-state index in [-0.39, 0.29) is 5.92 Å². The Labute approximate surface area is 99.6 Å². The van der Waals surface area contributed by atoms with Gasteiger partial charge in [0.2, 0.25) is 0 Å². The largest absolute Gasteiger partial charge is 0.486 e. The number of H-pyrrole nitrogens is 1. The maximum atomic E-state index is 5.58. The van der Waals surface area contributed by atoms with Crippen molar-refractivity contribution in [1.82, 2.24) is 9.97 Å². The molecule has 0 aliphatic carbocycles. The van der Waals surface area contributed by atoms with E-state index in [0.29, 0.717) is 13.2 Å². The minimum atomic E-state index is 0.272. The Balaban J connectivity index is 1.93. The average Bonchev–Trinajstić information content (AvgIpc) is 2.91. The second-order valence-electron chi connectivity index (χ2n) is 4.13. The molecule has 0 saturated heterocycles. The van der Waals surface area contributed by atoms with Crippen molar-refractivity contribution < 1.29 is 9.47 Å². The van der Waals surface area contributed by atoms with Gasteiger partial charge in [0.1, 0.15) is 13.2 Å². The lowest BCUT2D eigenvalue weighted by Crippen LogP contribution is -2.15. The highest BCUT2D eigenvalue weighted by molar-refractivity contribution is 5.45.